The van der Waals surface area contributed by atoms with Crippen molar-refractivity contribution in [1.82, 2.24) is 5.32 Å². The van der Waals surface area contributed by atoms with E-state index in [4.69, 9.17) is 9.84 Å². The monoisotopic (exact) mass is 377 g/mol. The minimum atomic E-state index is -0.721. The SMILES string of the molecule is CCCC(C=CC=O)NCC[C@@H]1[C@H](CC=CCCCC(=O)O)[C@@H]2CC[C@H]1O2. The number of carbonyl (C=O) groups excluding carboxylic acids is 1. The van der Waals surface area contributed by atoms with E-state index in [1.54, 1.807) is 6.08 Å². The first-order valence-corrected chi connectivity index (χ1v) is 10.5. The van der Waals surface area contributed by atoms with Crippen molar-refractivity contribution in [2.24, 2.45) is 11.8 Å². The van der Waals surface area contributed by atoms with Gasteiger partial charge in [0.15, 0.2) is 0 Å². The van der Waals surface area contributed by atoms with Crippen LogP contribution in [0.3, 0.4) is 0 Å². The summed E-state index contributed by atoms with van der Waals surface area (Å²) < 4.78 is 6.18. The van der Waals surface area contributed by atoms with Crippen LogP contribution in [0.2, 0.25) is 0 Å². The molecule has 27 heavy (non-hydrogen) atoms. The fourth-order valence-electron chi connectivity index (χ4n) is 4.53. The molecule has 2 saturated heterocycles. The molecule has 2 rings (SSSR count). The summed E-state index contributed by atoms with van der Waals surface area (Å²) in [5.74, 6) is 0.454. The number of carbonyl (C=O) groups is 2. The van der Waals surface area contributed by atoms with Gasteiger partial charge in [-0.1, -0.05) is 31.6 Å². The zero-order valence-corrected chi connectivity index (χ0v) is 16.5. The van der Waals surface area contributed by atoms with Crippen LogP contribution >= 0.6 is 0 Å². The quantitative estimate of drug-likeness (QED) is 0.208. The predicted molar refractivity (Wildman–Crippen MR) is 107 cm³/mol. The van der Waals surface area contributed by atoms with Crippen molar-refractivity contribution in [3.8, 4) is 0 Å². The molecule has 0 aromatic rings. The molecule has 2 N–H and O–H groups in total. The minimum Gasteiger partial charge on any atom is -0.481 e. The Morgan fingerprint density at radius 1 is 1.26 bits per heavy atom. The number of unbranched alkanes of at least 4 members (excludes halogenated alkanes) is 1. The molecule has 1 unspecified atom stereocenters. The van der Waals surface area contributed by atoms with Crippen LogP contribution in [0.25, 0.3) is 0 Å². The van der Waals surface area contributed by atoms with E-state index >= 15 is 0 Å². The Balaban J connectivity index is 1.76. The number of rotatable bonds is 14. The van der Waals surface area contributed by atoms with Gasteiger partial charge in [0, 0.05) is 12.5 Å². The largest absolute Gasteiger partial charge is 0.481 e. The number of hydrogen-bond acceptors (Lipinski definition) is 4. The van der Waals surface area contributed by atoms with Gasteiger partial charge >= 0.3 is 5.97 Å². The molecule has 0 saturated carbocycles. The van der Waals surface area contributed by atoms with Crippen LogP contribution in [-0.2, 0) is 14.3 Å². The van der Waals surface area contributed by atoms with Gasteiger partial charge in [-0.15, -0.1) is 0 Å². The Hall–Kier alpha value is -1.46. The van der Waals surface area contributed by atoms with E-state index < -0.39 is 5.97 Å². The molecule has 0 aliphatic carbocycles. The fraction of sp³-hybridized carbons (Fsp3) is 0.727. The van der Waals surface area contributed by atoms with E-state index in [1.165, 1.54) is 12.8 Å². The van der Waals surface area contributed by atoms with Crippen molar-refractivity contribution in [3.05, 3.63) is 24.3 Å². The van der Waals surface area contributed by atoms with Crippen LogP contribution in [0.1, 0.15) is 64.7 Å². The second-order valence-electron chi connectivity index (χ2n) is 7.77. The molecule has 5 nitrogen and oxygen atoms in total. The number of carboxylic acid groups (broad SMARTS) is 1. The summed E-state index contributed by atoms with van der Waals surface area (Å²) in [5, 5.41) is 12.3. The maximum atomic E-state index is 10.6. The lowest BCUT2D eigenvalue weighted by molar-refractivity contribution is -0.137. The number of nitrogens with one attached hydrogen (secondary N) is 1. The maximum absolute atomic E-state index is 10.6. The Morgan fingerprint density at radius 2 is 2.04 bits per heavy atom. The van der Waals surface area contributed by atoms with E-state index in [9.17, 15) is 9.59 Å². The lowest BCUT2D eigenvalue weighted by Gasteiger charge is -2.28. The second kappa shape index (κ2) is 12.1. The number of fused-ring (bicyclic) bond motifs is 2. The second-order valence-corrected chi connectivity index (χ2v) is 7.77. The van der Waals surface area contributed by atoms with Gasteiger partial charge in [-0.05, 0) is 69.4 Å². The van der Waals surface area contributed by atoms with Gasteiger partial charge in [0.25, 0.3) is 0 Å². The predicted octanol–water partition coefficient (Wildman–Crippen LogP) is 3.88. The molecular formula is C22H35NO4. The third-order valence-electron chi connectivity index (χ3n) is 5.83. The first-order valence-electron chi connectivity index (χ1n) is 10.5. The van der Waals surface area contributed by atoms with Gasteiger partial charge in [0.05, 0.1) is 12.2 Å². The topological polar surface area (TPSA) is 75.6 Å². The summed E-state index contributed by atoms with van der Waals surface area (Å²) in [5.41, 5.74) is 0. The Bertz CT molecular complexity index is 516. The number of carboxylic acids is 1. The molecular weight excluding hydrogens is 342 g/mol. The van der Waals surface area contributed by atoms with Gasteiger partial charge in [0.2, 0.25) is 0 Å². The Kier molecular flexibility index (Phi) is 9.78. The number of ether oxygens (including phenoxy) is 1. The van der Waals surface area contributed by atoms with Crippen LogP contribution in [0.4, 0.5) is 0 Å². The van der Waals surface area contributed by atoms with Crippen molar-refractivity contribution < 1.29 is 19.4 Å². The normalized spacial score (nSPS) is 28.3. The summed E-state index contributed by atoms with van der Waals surface area (Å²) in [7, 11) is 0. The highest BCUT2D eigenvalue weighted by atomic mass is 16.5. The van der Waals surface area contributed by atoms with E-state index in [-0.39, 0.29) is 12.5 Å². The molecule has 0 aromatic heterocycles. The van der Waals surface area contributed by atoms with Crippen molar-refractivity contribution in [2.45, 2.75) is 83.0 Å². The molecule has 0 spiro atoms. The standard InChI is InChI=1S/C22H35NO4/c1-2-8-17(9-7-16-24)23-15-14-19-18(20-12-13-21(19)27-20)10-5-3-4-6-11-22(25)26/h3,5,7,9,16-21,23H,2,4,6,8,10-15H2,1H3,(H,25,26)/t17?,18-,19+,20-,21+/m0/s1. The summed E-state index contributed by atoms with van der Waals surface area (Å²) in [6.45, 7) is 3.11. The average Bonchev–Trinajstić information content (AvgIpc) is 3.24. The zero-order chi connectivity index (χ0) is 19.5. The molecule has 0 radical (unpaired) electrons. The average molecular weight is 378 g/mol. The van der Waals surface area contributed by atoms with E-state index in [0.29, 0.717) is 30.5 Å². The van der Waals surface area contributed by atoms with Gasteiger partial charge in [0.1, 0.15) is 6.29 Å². The number of aldehydes is 1. The molecule has 152 valence electrons. The molecule has 5 heteroatoms. The van der Waals surface area contributed by atoms with Crippen LogP contribution in [0, 0.1) is 11.8 Å². The van der Waals surface area contributed by atoms with Crippen molar-refractivity contribution >= 4 is 12.3 Å². The van der Waals surface area contributed by atoms with Gasteiger partial charge in [-0.25, -0.2) is 0 Å². The van der Waals surface area contributed by atoms with Crippen molar-refractivity contribution in [1.29, 1.82) is 0 Å². The highest BCUT2D eigenvalue weighted by molar-refractivity contribution is 5.66. The van der Waals surface area contributed by atoms with Gasteiger partial charge in [-0.2, -0.15) is 0 Å². The molecule has 0 amide bonds. The summed E-state index contributed by atoms with van der Waals surface area (Å²) >= 11 is 0. The first kappa shape index (κ1) is 21.8. The number of aliphatic carboxylic acids is 1. The highest BCUT2D eigenvalue weighted by Crippen LogP contribution is 2.46. The van der Waals surface area contributed by atoms with Gasteiger partial charge < -0.3 is 15.2 Å². The van der Waals surface area contributed by atoms with E-state index in [1.807, 2.05) is 6.08 Å². The van der Waals surface area contributed by atoms with Crippen LogP contribution in [0.15, 0.2) is 24.3 Å². The Morgan fingerprint density at radius 3 is 2.74 bits per heavy atom. The molecule has 2 aliphatic rings. The fourth-order valence-corrected chi connectivity index (χ4v) is 4.53. The summed E-state index contributed by atoms with van der Waals surface area (Å²) in [4.78, 5) is 21.1. The van der Waals surface area contributed by atoms with Crippen molar-refractivity contribution in [3.63, 3.8) is 0 Å². The zero-order valence-electron chi connectivity index (χ0n) is 16.5. The van der Waals surface area contributed by atoms with Crippen LogP contribution in [-0.4, -0.2) is 42.2 Å². The molecule has 5 atom stereocenters. The number of allylic oxidation sites excluding steroid dienone is 3. The molecule has 0 aromatic carbocycles. The van der Waals surface area contributed by atoms with Crippen molar-refractivity contribution in [2.75, 3.05) is 6.54 Å². The first-order chi connectivity index (χ1) is 13.2. The van der Waals surface area contributed by atoms with Crippen LogP contribution in [0.5, 0.6) is 0 Å². The van der Waals surface area contributed by atoms with E-state index in [0.717, 1.165) is 44.9 Å². The smallest absolute Gasteiger partial charge is 0.303 e. The molecule has 2 bridgehead atoms. The van der Waals surface area contributed by atoms with Gasteiger partial charge in [-0.3, -0.25) is 9.59 Å². The summed E-state index contributed by atoms with van der Waals surface area (Å²) in [6, 6.07) is 0.271. The third kappa shape index (κ3) is 7.23. The van der Waals surface area contributed by atoms with Crippen LogP contribution < -0.4 is 5.32 Å². The molecule has 2 aliphatic heterocycles. The number of hydrogen-bond donors (Lipinski definition) is 2. The lowest BCUT2D eigenvalue weighted by atomic mass is 9.76. The molecule has 2 fully saturated rings. The van der Waals surface area contributed by atoms with E-state index in [2.05, 4.69) is 24.4 Å². The Labute approximate surface area is 163 Å². The lowest BCUT2D eigenvalue weighted by Crippen LogP contribution is -2.33. The minimum absolute atomic E-state index is 0.243. The molecule has 2 heterocycles. The third-order valence-corrected chi connectivity index (χ3v) is 5.83. The summed E-state index contributed by atoms with van der Waals surface area (Å²) in [6.07, 6.45) is 17.9. The highest BCUT2D eigenvalue weighted by Gasteiger charge is 2.47. The maximum Gasteiger partial charge on any atom is 0.303 e.